The zero-order valence-corrected chi connectivity index (χ0v) is 13.8. The van der Waals surface area contributed by atoms with Gasteiger partial charge in [-0.3, -0.25) is 0 Å². The number of alkyl halides is 2. The van der Waals surface area contributed by atoms with Crippen LogP contribution >= 0.6 is 31.9 Å². The molecule has 16 heavy (non-hydrogen) atoms. The molecule has 0 aliphatic carbocycles. The first kappa shape index (κ1) is 14.2. The van der Waals surface area contributed by atoms with Gasteiger partial charge in [0.05, 0.1) is 0 Å². The molecule has 2 heteroatoms. The van der Waals surface area contributed by atoms with E-state index in [9.17, 15) is 0 Å². The zero-order chi connectivity index (χ0) is 12.3. The summed E-state index contributed by atoms with van der Waals surface area (Å²) >= 11 is 7.10. The fourth-order valence-electron chi connectivity index (χ4n) is 2.42. The lowest BCUT2D eigenvalue weighted by Crippen LogP contribution is -2.06. The summed E-state index contributed by atoms with van der Waals surface area (Å²) in [5.41, 5.74) is 9.00. The Balaban J connectivity index is 3.39. The van der Waals surface area contributed by atoms with Gasteiger partial charge in [-0.15, -0.1) is 0 Å². The van der Waals surface area contributed by atoms with Gasteiger partial charge in [-0.1, -0.05) is 31.9 Å². The maximum absolute atomic E-state index is 3.55. The Labute approximate surface area is 116 Å². The van der Waals surface area contributed by atoms with E-state index in [0.717, 1.165) is 23.5 Å². The van der Waals surface area contributed by atoms with Crippen molar-refractivity contribution in [1.29, 1.82) is 0 Å². The van der Waals surface area contributed by atoms with Crippen molar-refractivity contribution in [2.24, 2.45) is 0 Å². The summed E-state index contributed by atoms with van der Waals surface area (Å²) in [6.45, 7) is 9.03. The van der Waals surface area contributed by atoms with E-state index in [1.165, 1.54) is 33.4 Å². The highest BCUT2D eigenvalue weighted by Crippen LogP contribution is 2.28. The van der Waals surface area contributed by atoms with Gasteiger partial charge in [-0.25, -0.2) is 0 Å². The second-order valence-electron chi connectivity index (χ2n) is 4.34. The summed E-state index contributed by atoms with van der Waals surface area (Å²) in [4.78, 5) is 0. The quantitative estimate of drug-likeness (QED) is 0.686. The Kier molecular flexibility index (Phi) is 5.52. The first-order valence-corrected chi connectivity index (χ1v) is 7.98. The number of hydrogen-bond acceptors (Lipinski definition) is 0. The number of benzene rings is 1. The van der Waals surface area contributed by atoms with Crippen LogP contribution in [0.5, 0.6) is 0 Å². The molecule has 0 unspecified atom stereocenters. The molecule has 0 N–H and O–H groups in total. The minimum Gasteiger partial charge on any atom is -0.0924 e. The van der Waals surface area contributed by atoms with Crippen LogP contribution in [-0.4, -0.2) is 10.7 Å². The molecule has 0 heterocycles. The average molecular weight is 348 g/mol. The molecule has 0 aromatic heterocycles. The van der Waals surface area contributed by atoms with Crippen molar-refractivity contribution in [3.05, 3.63) is 33.4 Å². The Bertz CT molecular complexity index is 348. The van der Waals surface area contributed by atoms with E-state index < -0.39 is 0 Å². The summed E-state index contributed by atoms with van der Waals surface area (Å²) in [5, 5.41) is 2.09. The highest BCUT2D eigenvalue weighted by molar-refractivity contribution is 9.09. The lowest BCUT2D eigenvalue weighted by molar-refractivity contribution is 1.01. The fraction of sp³-hybridized carbons (Fsp3) is 0.571. The molecule has 0 spiro atoms. The minimum absolute atomic E-state index is 1.05. The van der Waals surface area contributed by atoms with Gasteiger partial charge in [-0.05, 0) is 73.9 Å². The van der Waals surface area contributed by atoms with E-state index in [0.29, 0.717) is 0 Å². The van der Waals surface area contributed by atoms with Crippen molar-refractivity contribution in [3.8, 4) is 0 Å². The Morgan fingerprint density at radius 2 is 1.00 bits per heavy atom. The maximum Gasteiger partial charge on any atom is 0.00720 e. The minimum atomic E-state index is 1.05. The molecule has 1 aromatic rings. The average Bonchev–Trinajstić information content (AvgIpc) is 2.28. The summed E-state index contributed by atoms with van der Waals surface area (Å²) < 4.78 is 0. The number of rotatable bonds is 4. The molecule has 0 saturated carbocycles. The normalized spacial score (nSPS) is 10.9. The predicted octanol–water partition coefficient (Wildman–Crippen LogP) is 4.80. The van der Waals surface area contributed by atoms with Gasteiger partial charge in [0.1, 0.15) is 0 Å². The van der Waals surface area contributed by atoms with Crippen LogP contribution in [0.2, 0.25) is 0 Å². The van der Waals surface area contributed by atoms with E-state index in [1.54, 1.807) is 0 Å². The van der Waals surface area contributed by atoms with Crippen LogP contribution in [0.15, 0.2) is 0 Å². The molecule has 0 saturated heterocycles. The van der Waals surface area contributed by atoms with Crippen molar-refractivity contribution >= 4 is 31.9 Å². The first-order valence-electron chi connectivity index (χ1n) is 5.74. The molecular formula is C14H20Br2. The summed E-state index contributed by atoms with van der Waals surface area (Å²) in [6.07, 6.45) is 2.27. The van der Waals surface area contributed by atoms with Gasteiger partial charge in [-0.2, -0.15) is 0 Å². The van der Waals surface area contributed by atoms with Gasteiger partial charge in [0.25, 0.3) is 0 Å². The fourth-order valence-corrected chi connectivity index (χ4v) is 3.21. The van der Waals surface area contributed by atoms with Crippen molar-refractivity contribution in [3.63, 3.8) is 0 Å². The smallest absolute Gasteiger partial charge is 0.00720 e. The van der Waals surface area contributed by atoms with Crippen molar-refractivity contribution in [2.75, 3.05) is 10.7 Å². The molecule has 0 radical (unpaired) electrons. The van der Waals surface area contributed by atoms with Gasteiger partial charge in [0.2, 0.25) is 0 Å². The van der Waals surface area contributed by atoms with Gasteiger partial charge < -0.3 is 0 Å². The van der Waals surface area contributed by atoms with Crippen LogP contribution in [0.4, 0.5) is 0 Å². The zero-order valence-electron chi connectivity index (χ0n) is 10.6. The first-order chi connectivity index (χ1) is 7.54. The maximum atomic E-state index is 3.55. The Morgan fingerprint density at radius 3 is 1.31 bits per heavy atom. The van der Waals surface area contributed by atoms with Gasteiger partial charge >= 0.3 is 0 Å². The van der Waals surface area contributed by atoms with E-state index in [2.05, 4.69) is 59.6 Å². The molecular weight excluding hydrogens is 328 g/mol. The molecule has 0 bridgehead atoms. The van der Waals surface area contributed by atoms with Crippen LogP contribution in [0, 0.1) is 27.7 Å². The molecule has 0 fully saturated rings. The van der Waals surface area contributed by atoms with Crippen LogP contribution in [-0.2, 0) is 12.8 Å². The molecule has 1 aromatic carbocycles. The number of halogens is 2. The van der Waals surface area contributed by atoms with E-state index in [-0.39, 0.29) is 0 Å². The van der Waals surface area contributed by atoms with Gasteiger partial charge in [0, 0.05) is 10.7 Å². The Morgan fingerprint density at radius 1 is 0.625 bits per heavy atom. The third-order valence-corrected chi connectivity index (χ3v) is 4.42. The molecule has 0 amide bonds. The summed E-state index contributed by atoms with van der Waals surface area (Å²) in [7, 11) is 0. The second-order valence-corrected chi connectivity index (χ2v) is 5.92. The van der Waals surface area contributed by atoms with E-state index in [1.807, 2.05) is 0 Å². The van der Waals surface area contributed by atoms with Crippen LogP contribution < -0.4 is 0 Å². The third-order valence-electron chi connectivity index (χ3n) is 3.62. The predicted molar refractivity (Wildman–Crippen MR) is 80.4 cm³/mol. The largest absolute Gasteiger partial charge is 0.0924 e. The molecule has 0 nitrogen and oxygen atoms in total. The SMILES string of the molecule is Cc1c(C)c(CCBr)c(C)c(CCBr)c1C. The molecule has 1 rings (SSSR count). The van der Waals surface area contributed by atoms with Crippen molar-refractivity contribution < 1.29 is 0 Å². The van der Waals surface area contributed by atoms with Crippen molar-refractivity contribution in [1.82, 2.24) is 0 Å². The monoisotopic (exact) mass is 346 g/mol. The van der Waals surface area contributed by atoms with Crippen LogP contribution in [0.3, 0.4) is 0 Å². The molecule has 0 aliphatic rings. The third kappa shape index (κ3) is 2.70. The topological polar surface area (TPSA) is 0 Å². The highest BCUT2D eigenvalue weighted by atomic mass is 79.9. The van der Waals surface area contributed by atoms with Crippen LogP contribution in [0.1, 0.15) is 33.4 Å². The van der Waals surface area contributed by atoms with Gasteiger partial charge in [0.15, 0.2) is 0 Å². The summed E-state index contributed by atoms with van der Waals surface area (Å²) in [6, 6.07) is 0. The van der Waals surface area contributed by atoms with Crippen LogP contribution in [0.25, 0.3) is 0 Å². The second kappa shape index (κ2) is 6.20. The molecule has 90 valence electrons. The van der Waals surface area contributed by atoms with Crippen molar-refractivity contribution in [2.45, 2.75) is 40.5 Å². The Hall–Kier alpha value is 0.180. The number of hydrogen-bond donors (Lipinski definition) is 0. The van der Waals surface area contributed by atoms with E-state index in [4.69, 9.17) is 0 Å². The lowest BCUT2D eigenvalue weighted by Gasteiger charge is -2.20. The molecule has 0 atom stereocenters. The molecule has 0 aliphatic heterocycles. The summed E-state index contributed by atoms with van der Waals surface area (Å²) in [5.74, 6) is 0. The highest BCUT2D eigenvalue weighted by Gasteiger charge is 2.13. The van der Waals surface area contributed by atoms with E-state index >= 15 is 0 Å². The standard InChI is InChI=1S/C14H20Br2/c1-9-10(2)13(5-7-15)12(4)14(6-8-16)11(9)3/h5-8H2,1-4H3. The lowest BCUT2D eigenvalue weighted by atomic mass is 9.87.